The fourth-order valence-corrected chi connectivity index (χ4v) is 4.97. The van der Waals surface area contributed by atoms with Crippen molar-refractivity contribution in [1.82, 2.24) is 14.8 Å². The third kappa shape index (κ3) is 3.78. The monoisotopic (exact) mass is 407 g/mol. The van der Waals surface area contributed by atoms with E-state index in [1.807, 2.05) is 41.8 Å². The van der Waals surface area contributed by atoms with Crippen LogP contribution >= 0.6 is 0 Å². The molecule has 1 aliphatic heterocycles. The van der Waals surface area contributed by atoms with E-state index in [0.29, 0.717) is 18.8 Å². The number of rotatable bonds is 5. The van der Waals surface area contributed by atoms with Gasteiger partial charge in [0.05, 0.1) is 6.54 Å². The minimum absolute atomic E-state index is 0.0189. The van der Waals surface area contributed by atoms with Gasteiger partial charge in [0.25, 0.3) is 5.91 Å². The Balaban J connectivity index is 1.67. The molecule has 2 heterocycles. The molecule has 1 saturated carbocycles. The zero-order chi connectivity index (χ0) is 21.1. The van der Waals surface area contributed by atoms with Crippen LogP contribution in [0, 0.1) is 0 Å². The van der Waals surface area contributed by atoms with Gasteiger partial charge in [-0.2, -0.15) is 0 Å². The largest absolute Gasteiger partial charge is 0.351 e. The third-order valence-electron chi connectivity index (χ3n) is 6.70. The Morgan fingerprint density at radius 3 is 2.37 bits per heavy atom. The summed E-state index contributed by atoms with van der Waals surface area (Å²) in [5, 5.41) is 3.31. The molecule has 5 heteroatoms. The molecule has 1 aromatic heterocycles. The van der Waals surface area contributed by atoms with Gasteiger partial charge >= 0.3 is 0 Å². The van der Waals surface area contributed by atoms with E-state index in [1.165, 1.54) is 25.7 Å². The lowest BCUT2D eigenvalue weighted by Crippen LogP contribution is -2.65. The molecule has 2 aromatic rings. The van der Waals surface area contributed by atoms with Crippen LogP contribution in [0.2, 0.25) is 0 Å². The van der Waals surface area contributed by atoms with E-state index in [2.05, 4.69) is 24.4 Å². The molecular weight excluding hydrogens is 374 g/mol. The standard InChI is InChI=1S/C25H33N3O2/c1-3-17-28-23(29)22-16-15-21(19-11-7-6-8-12-19)27(22)18-25(28,2)24(30)26-20-13-9-4-5-10-14-20/h6-8,11-12,15-16,20H,3-5,9-10,13-14,17-18H2,1-2H3,(H,26,30). The SMILES string of the molecule is CCCN1C(=O)c2ccc(-c3ccccc3)n2CC1(C)C(=O)NC1CCCCCC1. The highest BCUT2D eigenvalue weighted by Gasteiger charge is 2.47. The van der Waals surface area contributed by atoms with E-state index in [0.717, 1.165) is 30.5 Å². The first-order chi connectivity index (χ1) is 14.5. The molecule has 1 N–H and O–H groups in total. The number of carbonyl (C=O) groups excluding carboxylic acids is 2. The summed E-state index contributed by atoms with van der Waals surface area (Å²) in [6, 6.07) is 14.2. The molecule has 160 valence electrons. The van der Waals surface area contributed by atoms with Gasteiger partial charge in [-0.1, -0.05) is 62.9 Å². The number of benzene rings is 1. The summed E-state index contributed by atoms with van der Waals surface area (Å²) in [5.74, 6) is -0.0710. The van der Waals surface area contributed by atoms with Gasteiger partial charge in [-0.15, -0.1) is 0 Å². The predicted octanol–water partition coefficient (Wildman–Crippen LogP) is 4.62. The van der Waals surface area contributed by atoms with Crippen LogP contribution in [0.3, 0.4) is 0 Å². The second kappa shape index (κ2) is 8.66. The molecule has 0 radical (unpaired) electrons. The van der Waals surface area contributed by atoms with Crippen molar-refractivity contribution in [2.24, 2.45) is 0 Å². The van der Waals surface area contributed by atoms with Crippen molar-refractivity contribution in [2.75, 3.05) is 6.54 Å². The smallest absolute Gasteiger partial charge is 0.271 e. The number of aromatic nitrogens is 1. The van der Waals surface area contributed by atoms with Gasteiger partial charge in [0.2, 0.25) is 5.91 Å². The Labute approximate surface area is 179 Å². The molecule has 0 saturated heterocycles. The number of fused-ring (bicyclic) bond motifs is 1. The highest BCUT2D eigenvalue weighted by Crippen LogP contribution is 2.33. The maximum absolute atomic E-state index is 13.6. The first kappa shape index (κ1) is 20.7. The Kier molecular flexibility index (Phi) is 5.98. The molecule has 2 aliphatic rings. The van der Waals surface area contributed by atoms with E-state index >= 15 is 0 Å². The second-order valence-electron chi connectivity index (χ2n) is 8.95. The summed E-state index contributed by atoms with van der Waals surface area (Å²) in [6.45, 7) is 5.05. The summed E-state index contributed by atoms with van der Waals surface area (Å²) in [6.07, 6.45) is 7.72. The topological polar surface area (TPSA) is 54.3 Å². The zero-order valence-corrected chi connectivity index (χ0v) is 18.2. The Morgan fingerprint density at radius 1 is 1.03 bits per heavy atom. The molecule has 0 spiro atoms. The van der Waals surface area contributed by atoms with E-state index < -0.39 is 5.54 Å². The maximum atomic E-state index is 13.6. The predicted molar refractivity (Wildman–Crippen MR) is 119 cm³/mol. The first-order valence-electron chi connectivity index (χ1n) is 11.4. The summed E-state index contributed by atoms with van der Waals surface area (Å²) in [4.78, 5) is 28.8. The number of hydrogen-bond donors (Lipinski definition) is 1. The quantitative estimate of drug-likeness (QED) is 0.736. The van der Waals surface area contributed by atoms with Gasteiger partial charge in [-0.25, -0.2) is 0 Å². The first-order valence-corrected chi connectivity index (χ1v) is 11.4. The molecule has 1 fully saturated rings. The third-order valence-corrected chi connectivity index (χ3v) is 6.70. The lowest BCUT2D eigenvalue weighted by atomic mass is 9.93. The van der Waals surface area contributed by atoms with E-state index in [1.54, 1.807) is 4.90 Å². The molecule has 1 aliphatic carbocycles. The minimum atomic E-state index is -0.894. The molecule has 1 atom stereocenters. The second-order valence-corrected chi connectivity index (χ2v) is 8.95. The van der Waals surface area contributed by atoms with Crippen molar-refractivity contribution >= 4 is 11.8 Å². The Bertz CT molecular complexity index is 896. The molecular formula is C25H33N3O2. The molecule has 4 rings (SSSR count). The van der Waals surface area contributed by atoms with Crippen LogP contribution in [0.4, 0.5) is 0 Å². The number of carbonyl (C=O) groups is 2. The molecule has 1 aromatic carbocycles. The van der Waals surface area contributed by atoms with Gasteiger partial charge in [0, 0.05) is 18.3 Å². The van der Waals surface area contributed by atoms with Gasteiger partial charge < -0.3 is 14.8 Å². The highest BCUT2D eigenvalue weighted by molar-refractivity contribution is 6.00. The van der Waals surface area contributed by atoms with Gasteiger partial charge in [0.1, 0.15) is 11.2 Å². The molecule has 1 unspecified atom stereocenters. The fraction of sp³-hybridized carbons (Fsp3) is 0.520. The van der Waals surface area contributed by atoms with Gasteiger partial charge in [0.15, 0.2) is 0 Å². The van der Waals surface area contributed by atoms with Crippen LogP contribution < -0.4 is 5.32 Å². The molecule has 5 nitrogen and oxygen atoms in total. The van der Waals surface area contributed by atoms with Crippen molar-refractivity contribution in [3.05, 3.63) is 48.2 Å². The Morgan fingerprint density at radius 2 is 1.70 bits per heavy atom. The summed E-state index contributed by atoms with van der Waals surface area (Å²) in [5.41, 5.74) is 1.83. The normalized spacial score (nSPS) is 22.5. The van der Waals surface area contributed by atoms with E-state index in [-0.39, 0.29) is 17.9 Å². The van der Waals surface area contributed by atoms with Gasteiger partial charge in [-0.05, 0) is 43.9 Å². The number of amides is 2. The van der Waals surface area contributed by atoms with Crippen molar-refractivity contribution in [2.45, 2.75) is 76.9 Å². The number of nitrogens with zero attached hydrogens (tertiary/aromatic N) is 2. The average molecular weight is 408 g/mol. The van der Waals surface area contributed by atoms with Crippen LogP contribution in [-0.4, -0.2) is 39.4 Å². The fourth-order valence-electron chi connectivity index (χ4n) is 4.97. The maximum Gasteiger partial charge on any atom is 0.271 e. The van der Waals surface area contributed by atoms with E-state index in [9.17, 15) is 9.59 Å². The van der Waals surface area contributed by atoms with Gasteiger partial charge in [-0.3, -0.25) is 9.59 Å². The summed E-state index contributed by atoms with van der Waals surface area (Å²) < 4.78 is 2.04. The zero-order valence-electron chi connectivity index (χ0n) is 18.2. The van der Waals surface area contributed by atoms with Crippen molar-refractivity contribution in [1.29, 1.82) is 0 Å². The van der Waals surface area contributed by atoms with Crippen LogP contribution in [0.25, 0.3) is 11.3 Å². The summed E-state index contributed by atoms with van der Waals surface area (Å²) >= 11 is 0. The average Bonchev–Trinajstić information content (AvgIpc) is 2.99. The van der Waals surface area contributed by atoms with Crippen LogP contribution in [-0.2, 0) is 11.3 Å². The minimum Gasteiger partial charge on any atom is -0.351 e. The highest BCUT2D eigenvalue weighted by atomic mass is 16.2. The summed E-state index contributed by atoms with van der Waals surface area (Å²) in [7, 11) is 0. The molecule has 2 amide bonds. The van der Waals surface area contributed by atoms with Crippen LogP contribution in [0.5, 0.6) is 0 Å². The lowest BCUT2D eigenvalue weighted by molar-refractivity contribution is -0.133. The van der Waals surface area contributed by atoms with Crippen LogP contribution in [0.1, 0.15) is 69.3 Å². The molecule has 30 heavy (non-hydrogen) atoms. The lowest BCUT2D eigenvalue weighted by Gasteiger charge is -2.45. The van der Waals surface area contributed by atoms with Crippen LogP contribution in [0.15, 0.2) is 42.5 Å². The Hall–Kier alpha value is -2.56. The van der Waals surface area contributed by atoms with Crippen molar-refractivity contribution < 1.29 is 9.59 Å². The van der Waals surface area contributed by atoms with Crippen molar-refractivity contribution in [3.8, 4) is 11.3 Å². The number of nitrogens with one attached hydrogen (secondary N) is 1. The van der Waals surface area contributed by atoms with Crippen molar-refractivity contribution in [3.63, 3.8) is 0 Å². The molecule has 0 bridgehead atoms. The number of hydrogen-bond acceptors (Lipinski definition) is 2. The van der Waals surface area contributed by atoms with E-state index in [4.69, 9.17) is 0 Å².